The first-order valence-electron chi connectivity index (χ1n) is 5.13. The molecule has 1 fully saturated rings. The van der Waals surface area contributed by atoms with Crippen LogP contribution in [0, 0.1) is 11.8 Å². The van der Waals surface area contributed by atoms with Crippen LogP contribution in [0.1, 0.15) is 29.9 Å². The van der Waals surface area contributed by atoms with Crippen molar-refractivity contribution in [1.29, 1.82) is 0 Å². The van der Waals surface area contributed by atoms with Gasteiger partial charge in [0.05, 0.1) is 12.0 Å². The third kappa shape index (κ3) is 1.46. The van der Waals surface area contributed by atoms with Gasteiger partial charge in [-0.05, 0) is 13.3 Å². The average Bonchev–Trinajstić information content (AvgIpc) is 2.09. The van der Waals surface area contributed by atoms with Crippen LogP contribution in [-0.2, 0) is 9.53 Å². The molecular formula is C9H16O3. The summed E-state index contributed by atoms with van der Waals surface area (Å²) in [5.74, 6) is -3.79. The summed E-state index contributed by atoms with van der Waals surface area (Å²) in [7, 11) is 0. The van der Waals surface area contributed by atoms with Crippen LogP contribution in [0.4, 0.5) is 0 Å². The third-order valence-electron chi connectivity index (χ3n) is 2.29. The normalized spacial score (nSPS) is 57.2. The molecule has 0 aliphatic carbocycles. The van der Waals surface area contributed by atoms with Gasteiger partial charge < -0.3 is 9.84 Å². The highest BCUT2D eigenvalue weighted by Crippen LogP contribution is 2.27. The second-order valence-corrected chi connectivity index (χ2v) is 3.13. The molecule has 1 heterocycles. The summed E-state index contributed by atoms with van der Waals surface area (Å²) in [4.78, 5) is 11.3. The molecule has 0 saturated carbocycles. The summed E-state index contributed by atoms with van der Waals surface area (Å²) in [6, 6.07) is 0. The van der Waals surface area contributed by atoms with E-state index in [0.29, 0.717) is 6.42 Å². The van der Waals surface area contributed by atoms with Gasteiger partial charge in [-0.2, -0.15) is 0 Å². The van der Waals surface area contributed by atoms with E-state index in [9.17, 15) is 9.90 Å². The highest BCUT2D eigenvalue weighted by Gasteiger charge is 2.39. The van der Waals surface area contributed by atoms with Crippen LogP contribution in [0.25, 0.3) is 0 Å². The molecule has 1 N–H and O–H groups in total. The summed E-state index contributed by atoms with van der Waals surface area (Å²) < 4.78 is 20.5. The van der Waals surface area contributed by atoms with E-state index in [0.717, 1.165) is 0 Å². The number of rotatable bonds is 1. The van der Waals surface area contributed by atoms with Crippen molar-refractivity contribution in [1.82, 2.24) is 0 Å². The van der Waals surface area contributed by atoms with E-state index in [2.05, 4.69) is 0 Å². The quantitative estimate of drug-likeness (QED) is 0.602. The Morgan fingerprint density at radius 2 is 2.25 bits per heavy atom. The van der Waals surface area contributed by atoms with E-state index in [1.807, 2.05) is 0 Å². The van der Waals surface area contributed by atoms with Gasteiger partial charge in [0.25, 0.3) is 0 Å². The minimum Gasteiger partial charge on any atom is -0.462 e. The maximum atomic E-state index is 11.3. The number of hydrogen-bond donors (Lipinski definition) is 1. The summed E-state index contributed by atoms with van der Waals surface area (Å²) >= 11 is 0. The molecule has 0 aromatic rings. The van der Waals surface area contributed by atoms with Crippen molar-refractivity contribution in [3.05, 3.63) is 0 Å². The van der Waals surface area contributed by atoms with Gasteiger partial charge in [-0.15, -0.1) is 0 Å². The van der Waals surface area contributed by atoms with Crippen LogP contribution in [0.15, 0.2) is 0 Å². The van der Waals surface area contributed by atoms with E-state index in [4.69, 9.17) is 7.48 Å². The molecule has 1 aliphatic rings. The summed E-state index contributed by atoms with van der Waals surface area (Å²) in [5, 5.41) is 9.76. The molecule has 0 aromatic carbocycles. The molecule has 0 radical (unpaired) electrons. The van der Waals surface area contributed by atoms with E-state index in [-0.39, 0.29) is 0 Å². The Bertz CT molecular complexity index is 250. The molecule has 12 heavy (non-hydrogen) atoms. The van der Waals surface area contributed by atoms with Crippen LogP contribution in [-0.4, -0.2) is 23.3 Å². The van der Waals surface area contributed by atoms with Gasteiger partial charge in [-0.3, -0.25) is 4.79 Å². The van der Waals surface area contributed by atoms with Crippen molar-refractivity contribution in [2.75, 3.05) is 0 Å². The SMILES string of the molecule is [2H][C@]1(C)[C@@H](CC)OC(=O)[C@]([2H])(C)[C@H]1O. The minimum atomic E-state index is -1.73. The molecule has 0 spiro atoms. The minimum absolute atomic E-state index is 0.471. The lowest BCUT2D eigenvalue weighted by Crippen LogP contribution is -2.46. The number of aliphatic hydroxyl groups is 1. The monoisotopic (exact) mass is 174 g/mol. The third-order valence-corrected chi connectivity index (χ3v) is 2.29. The first kappa shape index (κ1) is 6.89. The number of carbonyl (C=O) groups excluding carboxylic acids is 1. The molecule has 0 aromatic heterocycles. The van der Waals surface area contributed by atoms with Crippen LogP contribution in [0.2, 0.25) is 0 Å². The fourth-order valence-electron chi connectivity index (χ4n) is 1.35. The zero-order valence-electron chi connectivity index (χ0n) is 9.63. The fourth-order valence-corrected chi connectivity index (χ4v) is 1.35. The Kier molecular flexibility index (Phi) is 1.97. The Balaban J connectivity index is 3.03. The van der Waals surface area contributed by atoms with Crippen LogP contribution in [0.3, 0.4) is 0 Å². The van der Waals surface area contributed by atoms with Gasteiger partial charge in [0.1, 0.15) is 6.10 Å². The summed E-state index contributed by atoms with van der Waals surface area (Å²) in [6.07, 6.45) is -1.48. The maximum absolute atomic E-state index is 11.3. The first-order valence-corrected chi connectivity index (χ1v) is 4.13. The highest BCUT2D eigenvalue weighted by molar-refractivity contribution is 5.73. The predicted octanol–water partition coefficient (Wildman–Crippen LogP) is 0.955. The highest BCUT2D eigenvalue weighted by atomic mass is 16.5. The van der Waals surface area contributed by atoms with Crippen LogP contribution < -0.4 is 0 Å². The first-order chi connectivity index (χ1) is 6.24. The van der Waals surface area contributed by atoms with Gasteiger partial charge in [0.2, 0.25) is 0 Å². The largest absolute Gasteiger partial charge is 0.462 e. The van der Waals surface area contributed by atoms with Crippen molar-refractivity contribution in [2.45, 2.75) is 39.4 Å². The molecule has 0 amide bonds. The second kappa shape index (κ2) is 3.44. The average molecular weight is 174 g/mol. The molecule has 3 nitrogen and oxygen atoms in total. The number of aliphatic hydroxyl groups excluding tert-OH is 1. The van der Waals surface area contributed by atoms with E-state index >= 15 is 0 Å². The molecule has 1 rings (SSSR count). The summed E-state index contributed by atoms with van der Waals surface area (Å²) in [6.45, 7) is 4.55. The lowest BCUT2D eigenvalue weighted by Gasteiger charge is -2.35. The standard InChI is InChI=1S/C9H16O3/c1-4-7-5(2)8(10)6(3)9(11)12-7/h5-8,10H,4H2,1-3H3/t5-,6+,7+,8-/m0/s1/i5D,6D. The zero-order valence-corrected chi connectivity index (χ0v) is 7.63. The Morgan fingerprint density at radius 1 is 1.67 bits per heavy atom. The number of cyclic esters (lactones) is 1. The van der Waals surface area contributed by atoms with Crippen molar-refractivity contribution in [2.24, 2.45) is 11.8 Å². The zero-order chi connectivity index (χ0) is 11.1. The summed E-state index contributed by atoms with van der Waals surface area (Å²) in [5.41, 5.74) is 0. The maximum Gasteiger partial charge on any atom is 0.311 e. The van der Waals surface area contributed by atoms with Crippen LogP contribution >= 0.6 is 0 Å². The van der Waals surface area contributed by atoms with E-state index < -0.39 is 30.0 Å². The van der Waals surface area contributed by atoms with Crippen LogP contribution in [0.5, 0.6) is 0 Å². The Morgan fingerprint density at radius 3 is 2.75 bits per heavy atom. The fraction of sp³-hybridized carbons (Fsp3) is 0.889. The predicted molar refractivity (Wildman–Crippen MR) is 44.5 cm³/mol. The van der Waals surface area contributed by atoms with Gasteiger partial charge in [-0.1, -0.05) is 13.8 Å². The topological polar surface area (TPSA) is 46.5 Å². The number of hydrogen-bond acceptors (Lipinski definition) is 3. The van der Waals surface area contributed by atoms with Crippen molar-refractivity contribution in [3.8, 4) is 0 Å². The Hall–Kier alpha value is -0.570. The lowest BCUT2D eigenvalue weighted by molar-refractivity contribution is -0.177. The van der Waals surface area contributed by atoms with Gasteiger partial charge >= 0.3 is 5.97 Å². The van der Waals surface area contributed by atoms with Gasteiger partial charge in [0.15, 0.2) is 0 Å². The molecular weight excluding hydrogens is 156 g/mol. The van der Waals surface area contributed by atoms with Gasteiger partial charge in [-0.25, -0.2) is 0 Å². The molecule has 70 valence electrons. The smallest absolute Gasteiger partial charge is 0.311 e. The van der Waals surface area contributed by atoms with Crippen molar-refractivity contribution in [3.63, 3.8) is 0 Å². The molecule has 3 heteroatoms. The molecule has 4 atom stereocenters. The molecule has 0 bridgehead atoms. The number of esters is 1. The number of ether oxygens (including phenoxy) is 1. The number of carbonyl (C=O) groups is 1. The molecule has 0 unspecified atom stereocenters. The van der Waals surface area contributed by atoms with Crippen molar-refractivity contribution < 1.29 is 17.4 Å². The second-order valence-electron chi connectivity index (χ2n) is 3.13. The van der Waals surface area contributed by atoms with Crippen molar-refractivity contribution >= 4 is 5.97 Å². The van der Waals surface area contributed by atoms with Gasteiger partial charge in [0, 0.05) is 8.64 Å². The molecule has 1 saturated heterocycles. The lowest BCUT2D eigenvalue weighted by atomic mass is 9.85. The Labute approximate surface area is 75.5 Å². The molecule has 1 aliphatic heterocycles. The van der Waals surface area contributed by atoms with E-state index in [1.54, 1.807) is 6.92 Å². The van der Waals surface area contributed by atoms with E-state index in [1.165, 1.54) is 13.8 Å².